The zero-order chi connectivity index (χ0) is 15.2. The molecule has 2 aromatic rings. The molecule has 0 aliphatic carbocycles. The molecule has 0 fully saturated rings. The van der Waals surface area contributed by atoms with E-state index in [0.717, 1.165) is 11.6 Å². The first-order chi connectivity index (χ1) is 10.1. The Morgan fingerprint density at radius 3 is 2.90 bits per heavy atom. The van der Waals surface area contributed by atoms with Crippen molar-refractivity contribution in [3.63, 3.8) is 0 Å². The highest BCUT2D eigenvalue weighted by Crippen LogP contribution is 2.16. The molecule has 1 aromatic heterocycles. The number of amides is 1. The standard InChI is InChI=1S/C16H21N3OS/c1-12(2)19-15(7-8-17-19)18-16(20)11-21-10-14-6-4-5-13(3)9-14/h4-9,12H,10-11H2,1-3H3,(H,18,20). The van der Waals surface area contributed by atoms with Gasteiger partial charge in [0.1, 0.15) is 5.82 Å². The minimum atomic E-state index is 0.00931. The number of hydrogen-bond donors (Lipinski definition) is 1. The molecule has 5 heteroatoms. The van der Waals surface area contributed by atoms with Gasteiger partial charge < -0.3 is 5.32 Å². The molecule has 21 heavy (non-hydrogen) atoms. The summed E-state index contributed by atoms with van der Waals surface area (Å²) in [6.07, 6.45) is 1.70. The van der Waals surface area contributed by atoms with Gasteiger partial charge in [-0.25, -0.2) is 4.68 Å². The number of rotatable bonds is 6. The van der Waals surface area contributed by atoms with Gasteiger partial charge in [-0.2, -0.15) is 5.10 Å². The van der Waals surface area contributed by atoms with E-state index in [0.29, 0.717) is 5.75 Å². The van der Waals surface area contributed by atoms with E-state index in [4.69, 9.17) is 0 Å². The molecule has 0 aliphatic heterocycles. The van der Waals surface area contributed by atoms with Gasteiger partial charge in [-0.1, -0.05) is 29.8 Å². The van der Waals surface area contributed by atoms with Crippen LogP contribution >= 0.6 is 11.8 Å². The summed E-state index contributed by atoms with van der Waals surface area (Å²) in [6.45, 7) is 6.15. The van der Waals surface area contributed by atoms with Gasteiger partial charge >= 0.3 is 0 Å². The quantitative estimate of drug-likeness (QED) is 0.886. The molecule has 0 atom stereocenters. The predicted octanol–water partition coefficient (Wildman–Crippen LogP) is 3.64. The Morgan fingerprint density at radius 1 is 1.38 bits per heavy atom. The monoisotopic (exact) mass is 303 g/mol. The molecule has 112 valence electrons. The minimum Gasteiger partial charge on any atom is -0.310 e. The van der Waals surface area contributed by atoms with Crippen molar-refractivity contribution < 1.29 is 4.79 Å². The van der Waals surface area contributed by atoms with Gasteiger partial charge in [0.15, 0.2) is 0 Å². The highest BCUT2D eigenvalue weighted by Gasteiger charge is 2.09. The summed E-state index contributed by atoms with van der Waals surface area (Å²) in [6, 6.07) is 10.4. The molecule has 0 spiro atoms. The van der Waals surface area contributed by atoms with Crippen LogP contribution in [0, 0.1) is 6.92 Å². The summed E-state index contributed by atoms with van der Waals surface area (Å²) in [5.41, 5.74) is 2.50. The summed E-state index contributed by atoms with van der Waals surface area (Å²) >= 11 is 1.62. The van der Waals surface area contributed by atoms with Crippen molar-refractivity contribution in [2.45, 2.75) is 32.6 Å². The van der Waals surface area contributed by atoms with Crippen LogP contribution in [0.2, 0.25) is 0 Å². The minimum absolute atomic E-state index is 0.00931. The van der Waals surface area contributed by atoms with Crippen LogP contribution in [-0.4, -0.2) is 21.4 Å². The van der Waals surface area contributed by atoms with E-state index in [2.05, 4.69) is 35.5 Å². The molecule has 0 saturated heterocycles. The lowest BCUT2D eigenvalue weighted by molar-refractivity contribution is -0.113. The summed E-state index contributed by atoms with van der Waals surface area (Å²) < 4.78 is 1.81. The van der Waals surface area contributed by atoms with E-state index in [-0.39, 0.29) is 11.9 Å². The Hall–Kier alpha value is -1.75. The zero-order valence-electron chi connectivity index (χ0n) is 12.7. The van der Waals surface area contributed by atoms with Crippen LogP contribution in [-0.2, 0) is 10.5 Å². The van der Waals surface area contributed by atoms with Crippen LogP contribution in [0.5, 0.6) is 0 Å². The average Bonchev–Trinajstić information content (AvgIpc) is 2.87. The van der Waals surface area contributed by atoms with E-state index in [1.54, 1.807) is 18.0 Å². The number of anilines is 1. The number of aryl methyl sites for hydroxylation is 1. The molecule has 1 aromatic carbocycles. The van der Waals surface area contributed by atoms with Gasteiger partial charge in [0.2, 0.25) is 5.91 Å². The zero-order valence-corrected chi connectivity index (χ0v) is 13.5. The van der Waals surface area contributed by atoms with Crippen molar-refractivity contribution in [2.75, 3.05) is 11.1 Å². The normalized spacial score (nSPS) is 10.9. The summed E-state index contributed by atoms with van der Waals surface area (Å²) in [4.78, 5) is 12.0. The molecule has 2 rings (SSSR count). The second-order valence-corrected chi connectivity index (χ2v) is 6.27. The Labute approximate surface area is 129 Å². The van der Waals surface area contributed by atoms with Crippen LogP contribution in [0.3, 0.4) is 0 Å². The first-order valence-electron chi connectivity index (χ1n) is 7.03. The largest absolute Gasteiger partial charge is 0.310 e. The molecule has 0 unspecified atom stereocenters. The van der Waals surface area contributed by atoms with Crippen LogP contribution in [0.15, 0.2) is 36.5 Å². The third kappa shape index (κ3) is 4.63. The van der Waals surface area contributed by atoms with Gasteiger partial charge in [-0.05, 0) is 26.3 Å². The van der Waals surface area contributed by atoms with E-state index < -0.39 is 0 Å². The number of thioether (sulfide) groups is 1. The molecule has 1 N–H and O–H groups in total. The highest BCUT2D eigenvalue weighted by molar-refractivity contribution is 7.99. The van der Waals surface area contributed by atoms with Gasteiger partial charge in [0.05, 0.1) is 11.9 Å². The number of carbonyl (C=O) groups excluding carboxylic acids is 1. The number of nitrogens with one attached hydrogen (secondary N) is 1. The van der Waals surface area contributed by atoms with E-state index in [1.165, 1.54) is 11.1 Å². The summed E-state index contributed by atoms with van der Waals surface area (Å²) in [5, 5.41) is 7.11. The second-order valence-electron chi connectivity index (χ2n) is 5.28. The van der Waals surface area contributed by atoms with E-state index in [1.807, 2.05) is 30.7 Å². The molecule has 0 radical (unpaired) electrons. The maximum Gasteiger partial charge on any atom is 0.235 e. The molecule has 0 aliphatic rings. The Balaban J connectivity index is 1.81. The van der Waals surface area contributed by atoms with Crippen molar-refractivity contribution in [3.05, 3.63) is 47.7 Å². The fraction of sp³-hybridized carbons (Fsp3) is 0.375. The fourth-order valence-corrected chi connectivity index (χ4v) is 2.84. The summed E-state index contributed by atoms with van der Waals surface area (Å²) in [5.74, 6) is 2.05. The smallest absolute Gasteiger partial charge is 0.235 e. The first-order valence-corrected chi connectivity index (χ1v) is 8.18. The number of benzene rings is 1. The van der Waals surface area contributed by atoms with Crippen LogP contribution < -0.4 is 5.32 Å². The van der Waals surface area contributed by atoms with Gasteiger partial charge in [-0.15, -0.1) is 11.8 Å². The van der Waals surface area contributed by atoms with E-state index in [9.17, 15) is 4.79 Å². The Bertz CT molecular complexity index is 607. The molecule has 1 heterocycles. The van der Waals surface area contributed by atoms with Crippen molar-refractivity contribution in [1.29, 1.82) is 0 Å². The third-order valence-electron chi connectivity index (χ3n) is 3.01. The second kappa shape index (κ2) is 7.31. The topological polar surface area (TPSA) is 46.9 Å². The van der Waals surface area contributed by atoms with Crippen molar-refractivity contribution in [3.8, 4) is 0 Å². The number of hydrogen-bond acceptors (Lipinski definition) is 3. The lowest BCUT2D eigenvalue weighted by Crippen LogP contribution is -2.18. The highest BCUT2D eigenvalue weighted by atomic mass is 32.2. The summed E-state index contributed by atoms with van der Waals surface area (Å²) in [7, 11) is 0. The lowest BCUT2D eigenvalue weighted by Gasteiger charge is -2.11. The fourth-order valence-electron chi connectivity index (χ4n) is 2.07. The predicted molar refractivity (Wildman–Crippen MR) is 88.6 cm³/mol. The number of carbonyl (C=O) groups is 1. The molecular weight excluding hydrogens is 282 g/mol. The van der Waals surface area contributed by atoms with E-state index >= 15 is 0 Å². The lowest BCUT2D eigenvalue weighted by atomic mass is 10.2. The Kier molecular flexibility index (Phi) is 5.44. The maximum atomic E-state index is 12.0. The average molecular weight is 303 g/mol. The number of nitrogens with zero attached hydrogens (tertiary/aromatic N) is 2. The van der Waals surface area contributed by atoms with Gasteiger partial charge in [-0.3, -0.25) is 4.79 Å². The first kappa shape index (κ1) is 15.6. The maximum absolute atomic E-state index is 12.0. The molecule has 4 nitrogen and oxygen atoms in total. The SMILES string of the molecule is Cc1cccc(CSCC(=O)Nc2ccnn2C(C)C)c1. The van der Waals surface area contributed by atoms with Crippen molar-refractivity contribution in [2.24, 2.45) is 0 Å². The van der Waals surface area contributed by atoms with Gasteiger partial charge in [0, 0.05) is 17.9 Å². The third-order valence-corrected chi connectivity index (χ3v) is 4.02. The van der Waals surface area contributed by atoms with Crippen LogP contribution in [0.1, 0.15) is 31.0 Å². The Morgan fingerprint density at radius 2 is 2.19 bits per heavy atom. The molecule has 1 amide bonds. The van der Waals surface area contributed by atoms with Crippen LogP contribution in [0.4, 0.5) is 5.82 Å². The van der Waals surface area contributed by atoms with Crippen molar-refractivity contribution >= 4 is 23.5 Å². The van der Waals surface area contributed by atoms with Crippen LogP contribution in [0.25, 0.3) is 0 Å². The molecular formula is C16H21N3OS. The van der Waals surface area contributed by atoms with Gasteiger partial charge in [0.25, 0.3) is 0 Å². The molecule has 0 saturated carbocycles. The number of aromatic nitrogens is 2. The van der Waals surface area contributed by atoms with Crippen molar-refractivity contribution in [1.82, 2.24) is 9.78 Å². The molecule has 0 bridgehead atoms.